The minimum Gasteiger partial charge on any atom is -0.373 e. The van der Waals surface area contributed by atoms with Crippen molar-refractivity contribution in [1.82, 2.24) is 9.97 Å². The molecule has 1 aromatic heterocycles. The highest BCUT2D eigenvalue weighted by molar-refractivity contribution is 5.73. The van der Waals surface area contributed by atoms with Gasteiger partial charge in [-0.15, -0.1) is 0 Å². The van der Waals surface area contributed by atoms with E-state index in [0.29, 0.717) is 12.3 Å². The Kier molecular flexibility index (Phi) is 4.54. The van der Waals surface area contributed by atoms with Crippen LogP contribution in [0.2, 0.25) is 0 Å². The third kappa shape index (κ3) is 4.39. The molecule has 1 aliphatic carbocycles. The van der Waals surface area contributed by atoms with Gasteiger partial charge in [0, 0.05) is 32.0 Å². The molecule has 0 spiro atoms. The summed E-state index contributed by atoms with van der Waals surface area (Å²) in [6.45, 7) is 0.789. The number of rotatable bonds is 8. The molecule has 1 heterocycles. The lowest BCUT2D eigenvalue weighted by Gasteiger charge is -2.09. The van der Waals surface area contributed by atoms with Gasteiger partial charge < -0.3 is 16.4 Å². The first-order valence-electron chi connectivity index (χ1n) is 6.78. The Morgan fingerprint density at radius 1 is 1.37 bits per heavy atom. The molecule has 0 unspecified atom stereocenters. The average molecular weight is 263 g/mol. The Morgan fingerprint density at radius 2 is 2.11 bits per heavy atom. The van der Waals surface area contributed by atoms with E-state index in [1.165, 1.54) is 12.8 Å². The van der Waals surface area contributed by atoms with Crippen LogP contribution >= 0.6 is 0 Å². The number of hydrogen-bond acceptors (Lipinski definition) is 5. The normalized spacial score (nSPS) is 14.2. The van der Waals surface area contributed by atoms with Gasteiger partial charge in [0.1, 0.15) is 17.5 Å². The highest BCUT2D eigenvalue weighted by Gasteiger charge is 2.27. The lowest BCUT2D eigenvalue weighted by molar-refractivity contribution is -0.118. The van der Waals surface area contributed by atoms with Crippen molar-refractivity contribution in [3.8, 4) is 0 Å². The summed E-state index contributed by atoms with van der Waals surface area (Å²) in [7, 11) is 1.86. The molecule has 1 saturated carbocycles. The number of primary amides is 1. The van der Waals surface area contributed by atoms with E-state index in [0.717, 1.165) is 36.8 Å². The zero-order valence-electron chi connectivity index (χ0n) is 11.3. The Balaban J connectivity index is 1.85. The summed E-state index contributed by atoms with van der Waals surface area (Å²) in [6, 6.07) is 1.90. The van der Waals surface area contributed by atoms with Crippen LogP contribution in [0.4, 0.5) is 11.6 Å². The predicted octanol–water partition coefficient (Wildman–Crippen LogP) is 1.46. The van der Waals surface area contributed by atoms with E-state index >= 15 is 0 Å². The number of carbonyl (C=O) groups excluding carboxylic acids is 1. The number of unbranched alkanes of at least 4 members (excludes halogenated alkanes) is 1. The highest BCUT2D eigenvalue weighted by atomic mass is 16.1. The van der Waals surface area contributed by atoms with Crippen molar-refractivity contribution in [1.29, 1.82) is 0 Å². The number of aromatic nitrogens is 2. The Hall–Kier alpha value is -1.85. The van der Waals surface area contributed by atoms with Gasteiger partial charge in [0.2, 0.25) is 5.91 Å². The second kappa shape index (κ2) is 6.36. The minimum absolute atomic E-state index is 0.240. The zero-order chi connectivity index (χ0) is 13.7. The minimum atomic E-state index is -0.240. The van der Waals surface area contributed by atoms with Gasteiger partial charge in [-0.3, -0.25) is 4.79 Å². The van der Waals surface area contributed by atoms with Gasteiger partial charge >= 0.3 is 0 Å². The Labute approximate surface area is 113 Å². The van der Waals surface area contributed by atoms with Crippen LogP contribution in [0.5, 0.6) is 0 Å². The van der Waals surface area contributed by atoms with Crippen LogP contribution in [0.25, 0.3) is 0 Å². The maximum Gasteiger partial charge on any atom is 0.217 e. The van der Waals surface area contributed by atoms with Crippen molar-refractivity contribution in [2.24, 2.45) is 5.73 Å². The van der Waals surface area contributed by atoms with Crippen LogP contribution in [0.1, 0.15) is 43.8 Å². The summed E-state index contributed by atoms with van der Waals surface area (Å²) in [5, 5.41) is 6.33. The monoisotopic (exact) mass is 263 g/mol. The Morgan fingerprint density at radius 3 is 2.74 bits per heavy atom. The molecule has 4 N–H and O–H groups in total. The first-order valence-corrected chi connectivity index (χ1v) is 6.78. The van der Waals surface area contributed by atoms with Gasteiger partial charge in [0.15, 0.2) is 0 Å². The molecule has 6 heteroatoms. The quantitative estimate of drug-likeness (QED) is 0.617. The van der Waals surface area contributed by atoms with Crippen LogP contribution in [0.3, 0.4) is 0 Å². The summed E-state index contributed by atoms with van der Waals surface area (Å²) in [6.07, 6.45) is 4.53. The van der Waals surface area contributed by atoms with Gasteiger partial charge in [0.25, 0.3) is 0 Å². The van der Waals surface area contributed by atoms with Crippen LogP contribution in [-0.2, 0) is 4.79 Å². The molecule has 0 saturated heterocycles. The summed E-state index contributed by atoms with van der Waals surface area (Å²) < 4.78 is 0. The molecule has 2 rings (SSSR count). The van der Waals surface area contributed by atoms with E-state index in [-0.39, 0.29) is 5.91 Å². The molecule has 1 fully saturated rings. The predicted molar refractivity (Wildman–Crippen MR) is 75.1 cm³/mol. The largest absolute Gasteiger partial charge is 0.373 e. The average Bonchev–Trinajstić information content (AvgIpc) is 3.22. The van der Waals surface area contributed by atoms with Gasteiger partial charge in [0.05, 0.1) is 0 Å². The van der Waals surface area contributed by atoms with Gasteiger partial charge in [-0.2, -0.15) is 0 Å². The smallest absolute Gasteiger partial charge is 0.217 e. The maximum absolute atomic E-state index is 10.6. The number of anilines is 2. The number of carbonyl (C=O) groups is 1. The number of nitrogens with one attached hydrogen (secondary N) is 2. The SMILES string of the molecule is CNc1cc(NCCCCC(N)=O)nc(C2CC2)n1. The second-order valence-electron chi connectivity index (χ2n) is 4.87. The van der Waals surface area contributed by atoms with Crippen molar-refractivity contribution in [2.45, 2.75) is 38.0 Å². The molecular weight excluding hydrogens is 242 g/mol. The fourth-order valence-electron chi connectivity index (χ4n) is 1.85. The summed E-state index contributed by atoms with van der Waals surface area (Å²) in [5.74, 6) is 2.91. The summed E-state index contributed by atoms with van der Waals surface area (Å²) in [5.41, 5.74) is 5.10. The molecule has 0 radical (unpaired) electrons. The van der Waals surface area contributed by atoms with E-state index in [4.69, 9.17) is 5.73 Å². The van der Waals surface area contributed by atoms with Crippen LogP contribution in [-0.4, -0.2) is 29.5 Å². The van der Waals surface area contributed by atoms with Crippen LogP contribution in [0, 0.1) is 0 Å². The van der Waals surface area contributed by atoms with Crippen molar-refractivity contribution in [3.05, 3.63) is 11.9 Å². The summed E-state index contributed by atoms with van der Waals surface area (Å²) >= 11 is 0. The first-order chi connectivity index (χ1) is 9.19. The first kappa shape index (κ1) is 13.6. The van der Waals surface area contributed by atoms with Crippen LogP contribution < -0.4 is 16.4 Å². The van der Waals surface area contributed by atoms with Gasteiger partial charge in [-0.05, 0) is 25.7 Å². The standard InChI is InChI=1S/C13H21N5O/c1-15-11-8-12(16-7-3-2-4-10(14)19)18-13(17-11)9-5-6-9/h8-9H,2-7H2,1H3,(H2,14,19)(H2,15,16,17,18). The summed E-state index contributed by atoms with van der Waals surface area (Å²) in [4.78, 5) is 19.6. The van der Waals surface area contributed by atoms with Crippen LogP contribution in [0.15, 0.2) is 6.07 Å². The number of nitrogens with zero attached hydrogens (tertiary/aromatic N) is 2. The van der Waals surface area contributed by atoms with Gasteiger partial charge in [-0.1, -0.05) is 0 Å². The topological polar surface area (TPSA) is 92.9 Å². The number of hydrogen-bond donors (Lipinski definition) is 3. The fraction of sp³-hybridized carbons (Fsp3) is 0.615. The molecule has 1 aromatic rings. The van der Waals surface area contributed by atoms with E-state index in [1.807, 2.05) is 13.1 Å². The molecule has 0 aliphatic heterocycles. The van der Waals surface area contributed by atoms with Crippen molar-refractivity contribution >= 4 is 17.5 Å². The number of amides is 1. The van der Waals surface area contributed by atoms with Crippen molar-refractivity contribution in [3.63, 3.8) is 0 Å². The third-order valence-electron chi connectivity index (χ3n) is 3.10. The molecule has 0 bridgehead atoms. The lowest BCUT2D eigenvalue weighted by Crippen LogP contribution is -2.11. The molecule has 1 aliphatic rings. The molecule has 1 amide bonds. The Bertz CT molecular complexity index is 445. The molecular formula is C13H21N5O. The lowest BCUT2D eigenvalue weighted by atomic mass is 10.2. The fourth-order valence-corrected chi connectivity index (χ4v) is 1.85. The van der Waals surface area contributed by atoms with E-state index in [1.54, 1.807) is 0 Å². The van der Waals surface area contributed by atoms with Crippen molar-refractivity contribution in [2.75, 3.05) is 24.2 Å². The van der Waals surface area contributed by atoms with E-state index in [2.05, 4.69) is 20.6 Å². The highest BCUT2D eigenvalue weighted by Crippen LogP contribution is 2.38. The molecule has 6 nitrogen and oxygen atoms in total. The second-order valence-corrected chi connectivity index (χ2v) is 4.87. The zero-order valence-corrected chi connectivity index (χ0v) is 11.3. The molecule has 104 valence electrons. The number of nitrogens with two attached hydrogens (primary N) is 1. The molecule has 0 atom stereocenters. The maximum atomic E-state index is 10.6. The van der Waals surface area contributed by atoms with Gasteiger partial charge in [-0.25, -0.2) is 9.97 Å². The third-order valence-corrected chi connectivity index (χ3v) is 3.10. The van der Waals surface area contributed by atoms with E-state index in [9.17, 15) is 4.79 Å². The molecule has 0 aromatic carbocycles. The van der Waals surface area contributed by atoms with E-state index < -0.39 is 0 Å². The molecule has 19 heavy (non-hydrogen) atoms. The van der Waals surface area contributed by atoms with Crippen molar-refractivity contribution < 1.29 is 4.79 Å².